The number of amides is 1. The van der Waals surface area contributed by atoms with Crippen molar-refractivity contribution in [1.29, 1.82) is 0 Å². The number of rotatable bonds is 5. The molecule has 0 saturated carbocycles. The molecule has 0 bridgehead atoms. The van der Waals surface area contributed by atoms with Crippen LogP contribution < -0.4 is 4.18 Å². The number of thiocarbonyl (C=S) groups is 1. The largest absolute Gasteiger partial charge is 0.382 e. The zero-order valence-electron chi connectivity index (χ0n) is 13.8. The van der Waals surface area contributed by atoms with Gasteiger partial charge in [-0.2, -0.15) is 8.42 Å². The molecule has 0 aromatic heterocycles. The van der Waals surface area contributed by atoms with Crippen molar-refractivity contribution in [3.8, 4) is 5.75 Å². The van der Waals surface area contributed by atoms with Gasteiger partial charge < -0.3 is 4.18 Å². The van der Waals surface area contributed by atoms with Crippen LogP contribution in [-0.4, -0.2) is 29.8 Å². The van der Waals surface area contributed by atoms with Gasteiger partial charge in [0.1, 0.15) is 10.1 Å². The molecular weight excluding hydrogens is 390 g/mol. The highest BCUT2D eigenvalue weighted by atomic mass is 32.2. The second-order valence-electron chi connectivity index (χ2n) is 5.58. The standard InChI is InChI=1S/C18H15NO4S3/c1-26(21,22)23-15-10-6-5-9-14(15)11-16-17(20)19(18(24)25-16)12-13-7-3-2-4-8-13/h2-11H,12H2,1H3/b16-11+. The van der Waals surface area contributed by atoms with Gasteiger partial charge in [-0.15, -0.1) is 0 Å². The molecule has 2 aromatic rings. The number of thioether (sulfide) groups is 1. The third-order valence-electron chi connectivity index (χ3n) is 3.50. The Bertz CT molecular complexity index is 985. The number of nitrogens with zero attached hydrogens (tertiary/aromatic N) is 1. The second kappa shape index (κ2) is 7.61. The maximum absolute atomic E-state index is 12.7. The maximum atomic E-state index is 12.7. The molecule has 0 aliphatic carbocycles. The van der Waals surface area contributed by atoms with E-state index in [1.54, 1.807) is 24.3 Å². The first-order valence-electron chi connectivity index (χ1n) is 7.61. The Kier molecular flexibility index (Phi) is 5.45. The normalized spacial score (nSPS) is 16.3. The SMILES string of the molecule is CS(=O)(=O)Oc1ccccc1/C=C1/SC(=S)N(Cc2ccccc2)C1=O. The Morgan fingerprint density at radius 2 is 1.77 bits per heavy atom. The van der Waals surface area contributed by atoms with Crippen molar-refractivity contribution in [1.82, 2.24) is 4.90 Å². The number of hydrogen-bond donors (Lipinski definition) is 0. The molecule has 1 fully saturated rings. The summed E-state index contributed by atoms with van der Waals surface area (Å²) in [5, 5.41) is 0. The van der Waals surface area contributed by atoms with Gasteiger partial charge in [-0.05, 0) is 17.7 Å². The smallest absolute Gasteiger partial charge is 0.306 e. The average Bonchev–Trinajstić information content (AvgIpc) is 2.84. The Morgan fingerprint density at radius 3 is 2.46 bits per heavy atom. The van der Waals surface area contributed by atoms with E-state index in [0.717, 1.165) is 11.8 Å². The molecule has 8 heteroatoms. The van der Waals surface area contributed by atoms with Crippen LogP contribution in [0.2, 0.25) is 0 Å². The summed E-state index contributed by atoms with van der Waals surface area (Å²) in [4.78, 5) is 14.7. The van der Waals surface area contributed by atoms with E-state index in [1.165, 1.54) is 22.7 Å². The molecule has 1 saturated heterocycles. The van der Waals surface area contributed by atoms with Crippen LogP contribution in [0.1, 0.15) is 11.1 Å². The van der Waals surface area contributed by atoms with E-state index < -0.39 is 10.1 Å². The van der Waals surface area contributed by atoms with Crippen LogP contribution in [0.4, 0.5) is 0 Å². The first-order chi connectivity index (χ1) is 12.3. The Labute approximate surface area is 161 Å². The van der Waals surface area contributed by atoms with Crippen LogP contribution in [0.15, 0.2) is 59.5 Å². The summed E-state index contributed by atoms with van der Waals surface area (Å²) in [5.41, 5.74) is 1.48. The molecule has 134 valence electrons. The van der Waals surface area contributed by atoms with Gasteiger partial charge in [0.05, 0.1) is 17.7 Å². The maximum Gasteiger partial charge on any atom is 0.306 e. The topological polar surface area (TPSA) is 63.7 Å². The Balaban J connectivity index is 1.87. The number of carbonyl (C=O) groups is 1. The van der Waals surface area contributed by atoms with E-state index in [-0.39, 0.29) is 11.7 Å². The van der Waals surface area contributed by atoms with Gasteiger partial charge >= 0.3 is 10.1 Å². The molecule has 0 unspecified atom stereocenters. The van der Waals surface area contributed by atoms with Gasteiger partial charge in [-0.1, -0.05) is 72.5 Å². The number of para-hydroxylation sites is 1. The van der Waals surface area contributed by atoms with Crippen molar-refractivity contribution in [3.63, 3.8) is 0 Å². The molecule has 1 amide bonds. The van der Waals surface area contributed by atoms with Crippen LogP contribution in [-0.2, 0) is 21.5 Å². The molecular formula is C18H15NO4S3. The van der Waals surface area contributed by atoms with E-state index >= 15 is 0 Å². The molecule has 0 atom stereocenters. The third-order valence-corrected chi connectivity index (χ3v) is 5.36. The van der Waals surface area contributed by atoms with Gasteiger partial charge in [0.15, 0.2) is 0 Å². The van der Waals surface area contributed by atoms with Crippen molar-refractivity contribution in [3.05, 3.63) is 70.6 Å². The lowest BCUT2D eigenvalue weighted by Gasteiger charge is -2.14. The minimum Gasteiger partial charge on any atom is -0.382 e. The monoisotopic (exact) mass is 405 g/mol. The van der Waals surface area contributed by atoms with Crippen LogP contribution in [0.5, 0.6) is 5.75 Å². The number of benzene rings is 2. The van der Waals surface area contributed by atoms with Gasteiger partial charge in [0, 0.05) is 5.56 Å². The molecule has 1 aliphatic rings. The van der Waals surface area contributed by atoms with Gasteiger partial charge in [-0.3, -0.25) is 9.69 Å². The lowest BCUT2D eigenvalue weighted by molar-refractivity contribution is -0.122. The molecule has 0 N–H and O–H groups in total. The summed E-state index contributed by atoms with van der Waals surface area (Å²) in [6.45, 7) is 0.393. The summed E-state index contributed by atoms with van der Waals surface area (Å²) in [7, 11) is -3.67. The first kappa shape index (κ1) is 18.6. The minimum atomic E-state index is -3.67. The zero-order valence-corrected chi connectivity index (χ0v) is 16.2. The van der Waals surface area contributed by atoms with E-state index in [0.29, 0.717) is 21.3 Å². The molecule has 3 rings (SSSR count). The molecule has 0 spiro atoms. The van der Waals surface area contributed by atoms with Crippen LogP contribution in [0.3, 0.4) is 0 Å². The van der Waals surface area contributed by atoms with Crippen molar-refractivity contribution in [2.75, 3.05) is 6.26 Å². The lowest BCUT2D eigenvalue weighted by Crippen LogP contribution is -2.27. The lowest BCUT2D eigenvalue weighted by atomic mass is 10.2. The molecule has 0 radical (unpaired) electrons. The number of hydrogen-bond acceptors (Lipinski definition) is 6. The van der Waals surface area contributed by atoms with E-state index in [9.17, 15) is 13.2 Å². The first-order valence-corrected chi connectivity index (χ1v) is 10.7. The highest BCUT2D eigenvalue weighted by Gasteiger charge is 2.32. The highest BCUT2D eigenvalue weighted by molar-refractivity contribution is 8.26. The van der Waals surface area contributed by atoms with Crippen molar-refractivity contribution >= 4 is 50.4 Å². The summed E-state index contributed by atoms with van der Waals surface area (Å²) in [6, 6.07) is 16.2. The minimum absolute atomic E-state index is 0.170. The summed E-state index contributed by atoms with van der Waals surface area (Å²) >= 11 is 6.52. The molecule has 5 nitrogen and oxygen atoms in total. The summed E-state index contributed by atoms with van der Waals surface area (Å²) < 4.78 is 28.3. The summed E-state index contributed by atoms with van der Waals surface area (Å²) in [5.74, 6) is -0.0404. The fourth-order valence-electron chi connectivity index (χ4n) is 2.38. The number of carbonyl (C=O) groups excluding carboxylic acids is 1. The zero-order chi connectivity index (χ0) is 18.7. The van der Waals surface area contributed by atoms with Gasteiger partial charge in [0.25, 0.3) is 5.91 Å². The quantitative estimate of drug-likeness (QED) is 0.431. The highest BCUT2D eigenvalue weighted by Crippen LogP contribution is 2.35. The second-order valence-corrected chi connectivity index (χ2v) is 8.83. The van der Waals surface area contributed by atoms with Crippen molar-refractivity contribution in [2.45, 2.75) is 6.54 Å². The van der Waals surface area contributed by atoms with E-state index in [4.69, 9.17) is 16.4 Å². The Hall–Kier alpha value is -2.16. The molecule has 26 heavy (non-hydrogen) atoms. The molecule has 1 heterocycles. The van der Waals surface area contributed by atoms with Crippen LogP contribution >= 0.6 is 24.0 Å². The van der Waals surface area contributed by atoms with Crippen molar-refractivity contribution in [2.24, 2.45) is 0 Å². The average molecular weight is 406 g/mol. The van der Waals surface area contributed by atoms with Gasteiger partial charge in [0.2, 0.25) is 0 Å². The Morgan fingerprint density at radius 1 is 1.12 bits per heavy atom. The fraction of sp³-hybridized carbons (Fsp3) is 0.111. The third kappa shape index (κ3) is 4.51. The van der Waals surface area contributed by atoms with E-state index in [2.05, 4.69) is 0 Å². The predicted molar refractivity (Wildman–Crippen MR) is 107 cm³/mol. The predicted octanol–water partition coefficient (Wildman–Crippen LogP) is 3.43. The van der Waals surface area contributed by atoms with Crippen molar-refractivity contribution < 1.29 is 17.4 Å². The van der Waals surface area contributed by atoms with Gasteiger partial charge in [-0.25, -0.2) is 0 Å². The summed E-state index contributed by atoms with van der Waals surface area (Å²) in [6.07, 6.45) is 2.58. The van der Waals surface area contributed by atoms with E-state index in [1.807, 2.05) is 30.3 Å². The fourth-order valence-corrected chi connectivity index (χ4v) is 4.11. The molecule has 2 aromatic carbocycles. The van der Waals surface area contributed by atoms with Crippen LogP contribution in [0.25, 0.3) is 6.08 Å². The van der Waals surface area contributed by atoms with Crippen LogP contribution in [0, 0.1) is 0 Å². The molecule has 1 aliphatic heterocycles.